The van der Waals surface area contributed by atoms with Crippen LogP contribution in [0, 0.1) is 0 Å². The van der Waals surface area contributed by atoms with Gasteiger partial charge in [0.1, 0.15) is 11.6 Å². The van der Waals surface area contributed by atoms with E-state index in [1.807, 2.05) is 0 Å². The van der Waals surface area contributed by atoms with Crippen LogP contribution in [0.1, 0.15) is 109 Å². The lowest BCUT2D eigenvalue weighted by Crippen LogP contribution is -2.45. The maximum atomic E-state index is 4.09. The Hall–Kier alpha value is -2.76. The smallest absolute Gasteiger partial charge is 0.130 e. The minimum atomic E-state index is -1.69. The molecule has 0 atom stereocenters. The first kappa shape index (κ1) is 32.8. The highest BCUT2D eigenvalue weighted by Gasteiger charge is 2.61. The molecule has 2 aliphatic rings. The molecule has 3 aromatic carbocycles. The molecular formula is C42H57N3S2. The number of nitrogens with one attached hydrogen (secondary N) is 2. The third kappa shape index (κ3) is 3.90. The van der Waals surface area contributed by atoms with E-state index in [1.54, 1.807) is 9.79 Å². The summed E-state index contributed by atoms with van der Waals surface area (Å²) in [4.78, 5) is 17.0. The summed E-state index contributed by atoms with van der Waals surface area (Å²) in [7, 11) is -3.39. The van der Waals surface area contributed by atoms with E-state index < -0.39 is 20.1 Å². The molecule has 4 heterocycles. The summed E-state index contributed by atoms with van der Waals surface area (Å²) in [6.45, 7) is 37.5. The van der Waals surface area contributed by atoms with Crippen LogP contribution in [0.25, 0.3) is 21.8 Å². The number of fused-ring (bicyclic) bond motifs is 8. The van der Waals surface area contributed by atoms with Gasteiger partial charge in [0, 0.05) is 60.4 Å². The van der Waals surface area contributed by atoms with E-state index in [4.69, 9.17) is 0 Å². The van der Waals surface area contributed by atoms with Crippen LogP contribution in [0.15, 0.2) is 80.2 Å². The predicted molar refractivity (Wildman–Crippen MR) is 211 cm³/mol. The van der Waals surface area contributed by atoms with Gasteiger partial charge < -0.3 is 9.97 Å². The van der Waals surface area contributed by atoms with E-state index in [1.165, 1.54) is 54.5 Å². The Kier molecular flexibility index (Phi) is 6.61. The number of hydrogen-bond acceptors (Lipinski definition) is 1. The molecule has 2 aromatic heterocycles. The maximum absolute atomic E-state index is 4.09. The van der Waals surface area contributed by atoms with Crippen molar-refractivity contribution in [3.63, 3.8) is 0 Å². The Balaban J connectivity index is 1.86. The molecule has 3 nitrogen and oxygen atoms in total. The number of benzene rings is 3. The van der Waals surface area contributed by atoms with Crippen molar-refractivity contribution in [2.75, 3.05) is 4.90 Å². The Morgan fingerprint density at radius 2 is 0.830 bits per heavy atom. The largest absolute Gasteiger partial charge is 0.340 e. The third-order valence-corrected chi connectivity index (χ3v) is 22.1. The van der Waals surface area contributed by atoms with Gasteiger partial charge in [-0.15, -0.1) is 0 Å². The SMILES string of the molecule is CC(C)(C)c1cc2c3c(c1)S(C(C)(C)C)(C(C)(C)C)c1c([nH]c4ccccc14)N3c1[nH]c3ccccc3c1S2(C(C)(C)C)C(C)(C)C. The molecule has 0 spiro atoms. The highest BCUT2D eigenvalue weighted by molar-refractivity contribution is 8.37. The first-order chi connectivity index (χ1) is 21.5. The first-order valence-corrected chi connectivity index (χ1v) is 20.6. The number of H-pyrrole nitrogens is 2. The first-order valence-electron chi connectivity index (χ1n) is 17.4. The summed E-state index contributed by atoms with van der Waals surface area (Å²) >= 11 is 0. The Morgan fingerprint density at radius 3 is 1.15 bits per heavy atom. The molecule has 7 rings (SSSR count). The van der Waals surface area contributed by atoms with E-state index in [0.29, 0.717) is 0 Å². The second kappa shape index (κ2) is 9.47. The van der Waals surface area contributed by atoms with E-state index in [0.717, 1.165) is 0 Å². The average molecular weight is 668 g/mol. The number of hydrogen-bond donors (Lipinski definition) is 2. The minimum Gasteiger partial charge on any atom is -0.340 e. The zero-order valence-electron chi connectivity index (χ0n) is 31.5. The molecule has 252 valence electrons. The second-order valence-corrected chi connectivity index (χ2v) is 27.8. The monoisotopic (exact) mass is 667 g/mol. The number of para-hydroxylation sites is 2. The van der Waals surface area contributed by atoms with Gasteiger partial charge in [0.05, 0.1) is 5.69 Å². The van der Waals surface area contributed by atoms with Gasteiger partial charge >= 0.3 is 0 Å². The zero-order valence-corrected chi connectivity index (χ0v) is 33.2. The van der Waals surface area contributed by atoms with Crippen molar-refractivity contribution in [1.82, 2.24) is 9.97 Å². The standard InChI is InChI=1S/C42H57N3S2/c1-38(2,3)26-24-31-33-32(25-26)47(41(10,11)12,42(13,14)15)35-28-21-17-19-23-30(28)44-37(35)45(33)36-34(27-20-16-18-22-29(27)43-36)46(31,39(4,5)6)40(7,8)9/h16-25,43-44H,1-15H3. The molecule has 0 amide bonds. The summed E-state index contributed by atoms with van der Waals surface area (Å²) in [5, 5.41) is 2.73. The lowest BCUT2D eigenvalue weighted by atomic mass is 9.87. The van der Waals surface area contributed by atoms with Gasteiger partial charge in [-0.3, -0.25) is 4.90 Å². The van der Waals surface area contributed by atoms with Crippen LogP contribution in [0.4, 0.5) is 17.3 Å². The Bertz CT molecular complexity index is 1910. The van der Waals surface area contributed by atoms with Crippen molar-refractivity contribution in [2.45, 2.75) is 148 Å². The van der Waals surface area contributed by atoms with Crippen molar-refractivity contribution < 1.29 is 0 Å². The van der Waals surface area contributed by atoms with Crippen molar-refractivity contribution in [2.24, 2.45) is 0 Å². The lowest BCUT2D eigenvalue weighted by molar-refractivity contribution is 0.585. The van der Waals surface area contributed by atoms with Crippen LogP contribution in [0.3, 0.4) is 0 Å². The molecule has 2 N–H and O–H groups in total. The van der Waals surface area contributed by atoms with Gasteiger partial charge in [0.25, 0.3) is 0 Å². The van der Waals surface area contributed by atoms with Crippen molar-refractivity contribution in [3.8, 4) is 0 Å². The fourth-order valence-electron chi connectivity index (χ4n) is 9.78. The lowest BCUT2D eigenvalue weighted by Gasteiger charge is -2.67. The maximum Gasteiger partial charge on any atom is 0.130 e. The van der Waals surface area contributed by atoms with E-state index in [2.05, 4.69) is 179 Å². The van der Waals surface area contributed by atoms with Crippen LogP contribution in [0.5, 0.6) is 0 Å². The molecule has 2 aliphatic heterocycles. The second-order valence-electron chi connectivity index (χ2n) is 18.8. The molecule has 5 heteroatoms. The topological polar surface area (TPSA) is 34.8 Å². The number of aromatic nitrogens is 2. The molecule has 5 aromatic rings. The van der Waals surface area contributed by atoms with E-state index in [9.17, 15) is 0 Å². The van der Waals surface area contributed by atoms with Gasteiger partial charge in [-0.05, 0) is 35.2 Å². The molecule has 0 unspecified atom stereocenters. The third-order valence-electron chi connectivity index (χ3n) is 10.8. The van der Waals surface area contributed by atoms with Crippen molar-refractivity contribution >= 4 is 59.2 Å². The van der Waals surface area contributed by atoms with Gasteiger partial charge in [-0.2, -0.15) is 20.1 Å². The molecule has 0 aliphatic carbocycles. The zero-order chi connectivity index (χ0) is 34.5. The highest BCUT2D eigenvalue weighted by atomic mass is 32.3. The van der Waals surface area contributed by atoms with E-state index in [-0.39, 0.29) is 24.4 Å². The van der Waals surface area contributed by atoms with E-state index >= 15 is 0 Å². The molecule has 0 bridgehead atoms. The van der Waals surface area contributed by atoms with Crippen LogP contribution in [0.2, 0.25) is 0 Å². The number of aromatic amines is 2. The fourth-order valence-corrected chi connectivity index (χ4v) is 22.5. The molecule has 0 fully saturated rings. The van der Waals surface area contributed by atoms with Crippen molar-refractivity contribution in [3.05, 3.63) is 66.2 Å². The molecular weight excluding hydrogens is 611 g/mol. The molecule has 0 radical (unpaired) electrons. The van der Waals surface area contributed by atoms with Crippen LogP contribution >= 0.6 is 20.1 Å². The van der Waals surface area contributed by atoms with Crippen LogP contribution in [-0.4, -0.2) is 29.0 Å². The number of rotatable bonds is 0. The summed E-state index contributed by atoms with van der Waals surface area (Å²) < 4.78 is -0.0972. The van der Waals surface area contributed by atoms with Crippen molar-refractivity contribution in [1.29, 1.82) is 0 Å². The Morgan fingerprint density at radius 1 is 0.489 bits per heavy atom. The van der Waals surface area contributed by atoms with Crippen LogP contribution < -0.4 is 4.90 Å². The number of anilines is 3. The summed E-state index contributed by atoms with van der Waals surface area (Å²) in [6, 6.07) is 23.5. The summed E-state index contributed by atoms with van der Waals surface area (Å²) in [6.07, 6.45) is 0. The van der Waals surface area contributed by atoms with Gasteiger partial charge in [-0.1, -0.05) is 140 Å². The van der Waals surface area contributed by atoms with Gasteiger partial charge in [-0.25, -0.2) is 0 Å². The van der Waals surface area contributed by atoms with Gasteiger partial charge in [0.15, 0.2) is 0 Å². The number of nitrogens with zero attached hydrogens (tertiary/aromatic N) is 1. The molecule has 0 saturated heterocycles. The molecule has 47 heavy (non-hydrogen) atoms. The molecule has 0 saturated carbocycles. The minimum absolute atomic E-state index is 0.0146. The quantitative estimate of drug-likeness (QED) is 0.169. The predicted octanol–water partition coefficient (Wildman–Crippen LogP) is 13.7. The summed E-state index contributed by atoms with van der Waals surface area (Å²) in [5.74, 6) is 2.51. The summed E-state index contributed by atoms with van der Waals surface area (Å²) in [5.41, 5.74) is 5.33. The fraction of sp³-hybridized carbons (Fsp3) is 0.476. The average Bonchev–Trinajstić information content (AvgIpc) is 3.48. The van der Waals surface area contributed by atoms with Gasteiger partial charge in [0.2, 0.25) is 0 Å². The normalized spacial score (nSPS) is 18.9. The Labute approximate surface area is 286 Å². The highest BCUT2D eigenvalue weighted by Crippen LogP contribution is 2.90. The van der Waals surface area contributed by atoms with Crippen LogP contribution in [-0.2, 0) is 5.41 Å².